The fraction of sp³-hybridized carbons (Fsp3) is 0.364. The maximum atomic E-state index is 6.58. The molecule has 0 N–H and O–H groups in total. The van der Waals surface area contributed by atoms with Crippen molar-refractivity contribution in [1.29, 1.82) is 0 Å². The summed E-state index contributed by atoms with van der Waals surface area (Å²) in [6, 6.07) is 19.4. The second kappa shape index (κ2) is 5.39. The molecule has 0 aliphatic carbocycles. The summed E-state index contributed by atoms with van der Waals surface area (Å²) in [5.41, 5.74) is 0.0535. The number of hydrogen-bond acceptors (Lipinski definition) is 6. The van der Waals surface area contributed by atoms with Crippen LogP contribution in [0.1, 0.15) is 38.8 Å². The van der Waals surface area contributed by atoms with E-state index in [2.05, 4.69) is 0 Å². The van der Waals surface area contributed by atoms with Gasteiger partial charge in [0.2, 0.25) is 0 Å². The first-order valence-corrected chi connectivity index (χ1v) is 12.0. The number of rotatable bonds is 2. The van der Waals surface area contributed by atoms with E-state index in [1.165, 1.54) is 0 Å². The molecule has 0 amide bonds. The Balaban J connectivity index is 1.75. The zero-order valence-electron chi connectivity index (χ0n) is 17.1. The van der Waals surface area contributed by atoms with Crippen LogP contribution in [-0.4, -0.2) is 24.4 Å². The molecule has 0 aromatic heterocycles. The van der Waals surface area contributed by atoms with E-state index in [0.717, 1.165) is 11.1 Å². The van der Waals surface area contributed by atoms with Crippen LogP contribution in [-0.2, 0) is 27.1 Å². The fourth-order valence-electron chi connectivity index (χ4n) is 3.96. The maximum absolute atomic E-state index is 6.58. The third-order valence-corrected chi connectivity index (χ3v) is 10.1. The van der Waals surface area contributed by atoms with E-state index in [0.29, 0.717) is 11.5 Å². The summed E-state index contributed by atoms with van der Waals surface area (Å²) in [5, 5.41) is 0. The predicted molar refractivity (Wildman–Crippen MR) is 111 cm³/mol. The zero-order valence-corrected chi connectivity index (χ0v) is 18.0. The third-order valence-electron chi connectivity index (χ3n) is 5.91. The van der Waals surface area contributed by atoms with Gasteiger partial charge >= 0.3 is 170 Å². The van der Waals surface area contributed by atoms with Crippen LogP contribution in [0.5, 0.6) is 0 Å². The van der Waals surface area contributed by atoms with E-state index in [1.807, 2.05) is 88.4 Å². The van der Waals surface area contributed by atoms with Gasteiger partial charge in [0.05, 0.1) is 0 Å². The van der Waals surface area contributed by atoms with E-state index in [-0.39, 0.29) is 13.2 Å². The Hall–Kier alpha value is -1.95. The van der Waals surface area contributed by atoms with Gasteiger partial charge in [-0.15, -0.1) is 0 Å². The molecule has 2 saturated heterocycles. The van der Waals surface area contributed by atoms with Crippen LogP contribution in [0, 0.1) is 0 Å². The van der Waals surface area contributed by atoms with Gasteiger partial charge in [-0.25, -0.2) is 0 Å². The Labute approximate surface area is 170 Å². The quantitative estimate of drug-likeness (QED) is 0.577. The topological polar surface area (TPSA) is 55.4 Å². The van der Waals surface area contributed by atoms with Gasteiger partial charge in [-0.1, -0.05) is 0 Å². The molecule has 5 rings (SSSR count). The van der Waals surface area contributed by atoms with Crippen LogP contribution >= 0.6 is 7.31 Å². The van der Waals surface area contributed by atoms with Crippen LogP contribution in [0.4, 0.5) is 0 Å². The van der Waals surface area contributed by atoms with Crippen molar-refractivity contribution in [3.05, 3.63) is 71.8 Å². The molecule has 2 aromatic carbocycles. The fourth-order valence-corrected chi connectivity index (χ4v) is 9.00. The molecule has 29 heavy (non-hydrogen) atoms. The van der Waals surface area contributed by atoms with Crippen LogP contribution < -0.4 is 0 Å². The minimum absolute atomic E-state index is 0.242. The van der Waals surface area contributed by atoms with Crippen molar-refractivity contribution < 1.29 is 27.1 Å². The van der Waals surface area contributed by atoms with Gasteiger partial charge in [0, 0.05) is 0 Å². The molecular weight excluding hydrogens is 391 g/mol. The predicted octanol–water partition coefficient (Wildman–Crippen LogP) is 5.79. The van der Waals surface area contributed by atoms with E-state index in [1.54, 1.807) is 0 Å². The summed E-state index contributed by atoms with van der Waals surface area (Å²) >= 11 is 0. The Kier molecular flexibility index (Phi) is 3.54. The summed E-state index contributed by atoms with van der Waals surface area (Å²) in [5.74, 6) is 0.950. The van der Waals surface area contributed by atoms with E-state index < -0.39 is 18.5 Å². The first kappa shape index (κ1) is 19.0. The van der Waals surface area contributed by atoms with Crippen LogP contribution in [0.2, 0.25) is 0 Å². The second-order valence-corrected chi connectivity index (χ2v) is 12.0. The molecule has 156 valence electrons. The van der Waals surface area contributed by atoms with Crippen molar-refractivity contribution in [1.82, 2.24) is 0 Å². The summed E-state index contributed by atoms with van der Waals surface area (Å²) in [7, 11) is -5.49. The first-order chi connectivity index (χ1) is 13.6. The van der Waals surface area contributed by atoms with E-state index in [4.69, 9.17) is 27.1 Å². The zero-order chi connectivity index (χ0) is 20.4. The Bertz CT molecular complexity index is 929. The monoisotopic (exact) mass is 417 g/mol. The molecule has 6 nitrogen and oxygen atoms in total. The first-order valence-electron chi connectivity index (χ1n) is 9.81. The Morgan fingerprint density at radius 1 is 0.621 bits per heavy atom. The summed E-state index contributed by atoms with van der Waals surface area (Å²) in [4.78, 5) is 0. The Morgan fingerprint density at radius 2 is 1.00 bits per heavy atom. The molecule has 0 atom stereocenters. The molecule has 2 fully saturated rings. The van der Waals surface area contributed by atoms with Crippen molar-refractivity contribution in [3.63, 3.8) is 0 Å². The normalized spacial score (nSPS) is 29.5. The van der Waals surface area contributed by atoms with Crippen molar-refractivity contribution >= 4 is 18.8 Å². The van der Waals surface area contributed by atoms with Crippen LogP contribution in [0.3, 0.4) is 0 Å². The minimum atomic E-state index is -5.49. The molecule has 3 heterocycles. The average Bonchev–Trinajstić information content (AvgIpc) is 3.25. The third kappa shape index (κ3) is 2.47. The van der Waals surface area contributed by atoms with Crippen molar-refractivity contribution in [2.24, 2.45) is 0 Å². The average molecular weight is 417 g/mol. The second-order valence-electron chi connectivity index (χ2n) is 8.56. The van der Waals surface area contributed by atoms with Gasteiger partial charge in [0.25, 0.3) is 0 Å². The van der Waals surface area contributed by atoms with Gasteiger partial charge in [0.15, 0.2) is 0 Å². The molecule has 7 heteroatoms. The molecule has 0 saturated carbocycles. The molecule has 0 bridgehead atoms. The van der Waals surface area contributed by atoms with Crippen molar-refractivity contribution in [3.8, 4) is 0 Å². The van der Waals surface area contributed by atoms with Gasteiger partial charge < -0.3 is 0 Å². The van der Waals surface area contributed by atoms with E-state index in [9.17, 15) is 0 Å². The van der Waals surface area contributed by atoms with Gasteiger partial charge in [-0.05, 0) is 0 Å². The number of benzene rings is 2. The standard InChI is InChI=1S/C22H26O6P/c1-21(2)22(3,4)28-29(27-21,23-15-16-24-29)25-19(17-11-7-5-8-12-17)20(26-29)18-13-9-6-10-14-18/h5-14H,15-16H2,1-4H3/q-1. The van der Waals surface area contributed by atoms with Gasteiger partial charge in [-0.3, -0.25) is 0 Å². The van der Waals surface area contributed by atoms with Gasteiger partial charge in [0.1, 0.15) is 0 Å². The Morgan fingerprint density at radius 3 is 1.38 bits per heavy atom. The summed E-state index contributed by atoms with van der Waals surface area (Å²) in [6.07, 6.45) is 0. The van der Waals surface area contributed by atoms with Crippen molar-refractivity contribution in [2.45, 2.75) is 38.9 Å². The van der Waals surface area contributed by atoms with Crippen LogP contribution in [0.25, 0.3) is 11.5 Å². The summed E-state index contributed by atoms with van der Waals surface area (Å²) < 4.78 is 38.6. The van der Waals surface area contributed by atoms with E-state index >= 15 is 0 Å². The molecule has 3 aliphatic heterocycles. The molecule has 3 aliphatic rings. The molecule has 1 spiro atoms. The molecule has 2 aromatic rings. The molecular formula is C22H26O6P-. The van der Waals surface area contributed by atoms with Crippen molar-refractivity contribution in [2.75, 3.05) is 13.2 Å². The SMILES string of the molecule is CC1(C)O[P-]23(OCCO2)(OC(c2ccccc2)=C(c2ccccc2)O3)OC1(C)C. The van der Waals surface area contributed by atoms with Gasteiger partial charge in [-0.2, -0.15) is 0 Å². The molecule has 0 unspecified atom stereocenters. The number of hydrogen-bond donors (Lipinski definition) is 0. The van der Waals surface area contributed by atoms with Crippen LogP contribution in [0.15, 0.2) is 60.7 Å². The summed E-state index contributed by atoms with van der Waals surface area (Å²) in [6.45, 7) is 8.17. The molecule has 0 radical (unpaired) electrons.